The molecule has 1 heterocycles. The second-order valence-corrected chi connectivity index (χ2v) is 5.45. The summed E-state index contributed by atoms with van der Waals surface area (Å²) in [5.74, 6) is 0.122. The third-order valence-electron chi connectivity index (χ3n) is 2.17. The van der Waals surface area contributed by atoms with Crippen LogP contribution in [-0.2, 0) is 4.74 Å². The van der Waals surface area contributed by atoms with Crippen molar-refractivity contribution in [3.05, 3.63) is 12.3 Å². The number of nitrogens with zero attached hydrogens (tertiary/aromatic N) is 2. The van der Waals surface area contributed by atoms with Crippen LogP contribution < -0.4 is 4.74 Å². The Morgan fingerprint density at radius 2 is 1.89 bits per heavy atom. The number of aromatic nitrogens is 2. The molecule has 0 unspecified atom stereocenters. The largest absolute Gasteiger partial charge is 0.465 e. The summed E-state index contributed by atoms with van der Waals surface area (Å²) in [6.45, 7) is 6.03. The summed E-state index contributed by atoms with van der Waals surface area (Å²) in [5, 5.41) is 22.1. The van der Waals surface area contributed by atoms with E-state index in [4.69, 9.17) is 19.7 Å². The Kier molecular flexibility index (Phi) is 4.54. The van der Waals surface area contributed by atoms with Gasteiger partial charge in [0.25, 0.3) is 0 Å². The highest BCUT2D eigenvalue weighted by Gasteiger charge is 2.26. The average Bonchev–Trinajstić information content (AvgIpc) is 2.75. The molecular weight excluding hydrogens is 252 g/mol. The van der Waals surface area contributed by atoms with Crippen molar-refractivity contribution >= 4 is 6.09 Å². The number of rotatable bonds is 4. The first kappa shape index (κ1) is 15.5. The van der Waals surface area contributed by atoms with Gasteiger partial charge >= 0.3 is 6.09 Å². The first-order chi connectivity index (χ1) is 8.69. The number of carbonyl (C=O) groups is 1. The van der Waals surface area contributed by atoms with Gasteiger partial charge in [-0.1, -0.05) is 0 Å². The summed E-state index contributed by atoms with van der Waals surface area (Å²) in [4.78, 5) is 11.7. The second-order valence-electron chi connectivity index (χ2n) is 5.45. The van der Waals surface area contributed by atoms with Crippen LogP contribution in [0.1, 0.15) is 27.7 Å². The molecule has 1 aromatic rings. The van der Waals surface area contributed by atoms with Gasteiger partial charge in [-0.2, -0.15) is 4.68 Å². The smallest absolute Gasteiger partial charge is 0.435 e. The van der Waals surface area contributed by atoms with Crippen LogP contribution in [0.3, 0.4) is 0 Å². The van der Waals surface area contributed by atoms with Gasteiger partial charge in [0.2, 0.25) is 5.88 Å². The van der Waals surface area contributed by atoms with Crippen molar-refractivity contribution in [2.75, 3.05) is 13.2 Å². The molecule has 0 saturated carbocycles. The van der Waals surface area contributed by atoms with E-state index in [-0.39, 0.29) is 19.1 Å². The second kappa shape index (κ2) is 5.58. The van der Waals surface area contributed by atoms with E-state index in [9.17, 15) is 4.79 Å². The SMILES string of the molecule is CC(C)(C)OC(=O)n1ccc(OC(C)(CO)CO)n1. The van der Waals surface area contributed by atoms with Gasteiger partial charge in [-0.25, -0.2) is 4.79 Å². The van der Waals surface area contributed by atoms with Gasteiger partial charge in [-0.15, -0.1) is 5.10 Å². The Bertz CT molecular complexity index is 432. The van der Waals surface area contributed by atoms with Crippen LogP contribution in [0.4, 0.5) is 4.79 Å². The van der Waals surface area contributed by atoms with Crippen LogP contribution in [0.25, 0.3) is 0 Å². The zero-order valence-corrected chi connectivity index (χ0v) is 11.6. The van der Waals surface area contributed by atoms with Crippen molar-refractivity contribution in [2.24, 2.45) is 0 Å². The first-order valence-electron chi connectivity index (χ1n) is 5.89. The lowest BCUT2D eigenvalue weighted by molar-refractivity contribution is -0.0228. The molecule has 7 heteroatoms. The minimum atomic E-state index is -1.15. The molecule has 1 rings (SSSR count). The zero-order chi connectivity index (χ0) is 14.7. The molecule has 0 spiro atoms. The molecule has 1 aromatic heterocycles. The van der Waals surface area contributed by atoms with Crippen LogP contribution >= 0.6 is 0 Å². The minimum Gasteiger partial charge on any atom is -0.465 e. The highest BCUT2D eigenvalue weighted by molar-refractivity contribution is 5.69. The molecule has 0 radical (unpaired) electrons. The van der Waals surface area contributed by atoms with Gasteiger partial charge in [0.05, 0.1) is 13.2 Å². The predicted molar refractivity (Wildman–Crippen MR) is 67.1 cm³/mol. The lowest BCUT2D eigenvalue weighted by Gasteiger charge is -2.24. The molecular formula is C12H20N2O5. The predicted octanol–water partition coefficient (Wildman–Crippen LogP) is 0.788. The molecule has 0 amide bonds. The van der Waals surface area contributed by atoms with E-state index in [1.54, 1.807) is 20.8 Å². The standard InChI is InChI=1S/C12H20N2O5/c1-11(2,3)19-10(17)14-6-5-9(13-14)18-12(4,7-15)8-16/h5-6,15-16H,7-8H2,1-4H3. The van der Waals surface area contributed by atoms with Crippen LogP contribution in [0.2, 0.25) is 0 Å². The lowest BCUT2D eigenvalue weighted by atomic mass is 10.1. The van der Waals surface area contributed by atoms with Crippen LogP contribution in [-0.4, -0.2) is 50.5 Å². The monoisotopic (exact) mass is 272 g/mol. The third-order valence-corrected chi connectivity index (χ3v) is 2.17. The fraction of sp³-hybridized carbons (Fsp3) is 0.667. The van der Waals surface area contributed by atoms with E-state index in [0.29, 0.717) is 0 Å². The summed E-state index contributed by atoms with van der Waals surface area (Å²) < 4.78 is 11.4. The van der Waals surface area contributed by atoms with Gasteiger partial charge in [0, 0.05) is 12.3 Å². The maximum absolute atomic E-state index is 11.7. The normalized spacial score (nSPS) is 12.3. The highest BCUT2D eigenvalue weighted by Crippen LogP contribution is 2.16. The Balaban J connectivity index is 2.75. The topological polar surface area (TPSA) is 93.8 Å². The van der Waals surface area contributed by atoms with Gasteiger partial charge in [-0.3, -0.25) is 0 Å². The molecule has 0 atom stereocenters. The number of hydrogen-bond donors (Lipinski definition) is 2. The summed E-state index contributed by atoms with van der Waals surface area (Å²) in [5.41, 5.74) is -1.76. The number of ether oxygens (including phenoxy) is 2. The number of aliphatic hydroxyl groups is 2. The molecule has 0 aliphatic carbocycles. The van der Waals surface area contributed by atoms with Gasteiger partial charge in [-0.05, 0) is 27.7 Å². The molecule has 0 fully saturated rings. The van der Waals surface area contributed by atoms with Gasteiger partial charge in [0.1, 0.15) is 5.60 Å². The Hall–Kier alpha value is -1.60. The molecule has 7 nitrogen and oxygen atoms in total. The number of hydrogen-bond acceptors (Lipinski definition) is 6. The molecule has 0 aliphatic heterocycles. The van der Waals surface area contributed by atoms with E-state index >= 15 is 0 Å². The van der Waals surface area contributed by atoms with Crippen molar-refractivity contribution in [1.82, 2.24) is 9.78 Å². The van der Waals surface area contributed by atoms with Gasteiger partial charge < -0.3 is 19.7 Å². The quantitative estimate of drug-likeness (QED) is 0.841. The third kappa shape index (κ3) is 4.53. The maximum Gasteiger partial charge on any atom is 0.435 e. The molecule has 0 aliphatic rings. The average molecular weight is 272 g/mol. The van der Waals surface area contributed by atoms with E-state index in [1.807, 2.05) is 0 Å². The minimum absolute atomic E-state index is 0.122. The van der Waals surface area contributed by atoms with Crippen molar-refractivity contribution in [1.29, 1.82) is 0 Å². The van der Waals surface area contributed by atoms with Crippen molar-refractivity contribution < 1.29 is 24.5 Å². The van der Waals surface area contributed by atoms with E-state index in [2.05, 4.69) is 5.10 Å². The summed E-state index contributed by atoms with van der Waals surface area (Å²) >= 11 is 0. The van der Waals surface area contributed by atoms with E-state index in [0.717, 1.165) is 4.68 Å². The van der Waals surface area contributed by atoms with Crippen molar-refractivity contribution in [2.45, 2.75) is 38.9 Å². The number of aliphatic hydroxyl groups excluding tert-OH is 2. The Morgan fingerprint density at radius 3 is 2.37 bits per heavy atom. The first-order valence-corrected chi connectivity index (χ1v) is 5.89. The Morgan fingerprint density at radius 1 is 1.32 bits per heavy atom. The summed E-state index contributed by atoms with van der Waals surface area (Å²) in [7, 11) is 0. The van der Waals surface area contributed by atoms with Crippen LogP contribution in [0.5, 0.6) is 5.88 Å². The fourth-order valence-corrected chi connectivity index (χ4v) is 1.14. The highest BCUT2D eigenvalue weighted by atomic mass is 16.6. The molecule has 0 saturated heterocycles. The molecule has 0 bridgehead atoms. The van der Waals surface area contributed by atoms with Crippen molar-refractivity contribution in [3.63, 3.8) is 0 Å². The van der Waals surface area contributed by atoms with E-state index in [1.165, 1.54) is 19.2 Å². The summed E-state index contributed by atoms with van der Waals surface area (Å²) in [6.07, 6.45) is 0.760. The van der Waals surface area contributed by atoms with Gasteiger partial charge in [0.15, 0.2) is 5.60 Å². The molecule has 2 N–H and O–H groups in total. The maximum atomic E-state index is 11.7. The lowest BCUT2D eigenvalue weighted by Crippen LogP contribution is -2.40. The van der Waals surface area contributed by atoms with Crippen LogP contribution in [0.15, 0.2) is 12.3 Å². The molecule has 108 valence electrons. The van der Waals surface area contributed by atoms with Crippen molar-refractivity contribution in [3.8, 4) is 5.88 Å². The fourth-order valence-electron chi connectivity index (χ4n) is 1.14. The van der Waals surface area contributed by atoms with E-state index < -0.39 is 17.3 Å². The molecule has 19 heavy (non-hydrogen) atoms. The zero-order valence-electron chi connectivity index (χ0n) is 11.6. The summed E-state index contributed by atoms with van der Waals surface area (Å²) in [6, 6.07) is 1.45. The number of carbonyl (C=O) groups excluding carboxylic acids is 1. The molecule has 0 aromatic carbocycles. The van der Waals surface area contributed by atoms with Crippen LogP contribution in [0, 0.1) is 0 Å². The Labute approximate surface area is 111 Å².